The van der Waals surface area contributed by atoms with E-state index < -0.39 is 21.9 Å². The summed E-state index contributed by atoms with van der Waals surface area (Å²) in [5, 5.41) is 0. The fourth-order valence-electron chi connectivity index (χ4n) is 0.690. The van der Waals surface area contributed by atoms with Crippen molar-refractivity contribution < 1.29 is 21.8 Å². The number of hydrogen-bond donors (Lipinski definition) is 0. The van der Waals surface area contributed by atoms with E-state index in [9.17, 15) is 17.6 Å². The first-order valence-corrected chi connectivity index (χ1v) is 4.70. The number of carbonyl (C=O) groups excluding carboxylic acids is 1. The summed E-state index contributed by atoms with van der Waals surface area (Å²) in [5.74, 6) is -1.39. The van der Waals surface area contributed by atoms with Crippen LogP contribution in [-0.4, -0.2) is 14.5 Å². The summed E-state index contributed by atoms with van der Waals surface area (Å²) in [7, 11) is -4.45. The van der Waals surface area contributed by atoms with E-state index in [1.165, 1.54) is 12.1 Å². The second-order valence-corrected chi connectivity index (χ2v) is 3.33. The molecule has 0 aliphatic heterocycles. The van der Waals surface area contributed by atoms with Crippen LogP contribution in [0.4, 0.5) is 4.39 Å². The minimum atomic E-state index is -4.45. The van der Waals surface area contributed by atoms with Gasteiger partial charge in [0.1, 0.15) is 0 Å². The highest BCUT2D eigenvalue weighted by molar-refractivity contribution is 7.85. The van der Waals surface area contributed by atoms with Crippen LogP contribution >= 0.6 is 0 Å². The Morgan fingerprint density at radius 2 is 2.00 bits per heavy atom. The topological polar surface area (TPSA) is 72.8 Å². The second kappa shape index (κ2) is 3.99. The van der Waals surface area contributed by atoms with Gasteiger partial charge in [0.05, 0.1) is 0 Å². The molecule has 0 saturated heterocycles. The lowest BCUT2D eigenvalue weighted by Gasteiger charge is -2.00. The standard InChI is InChI=1S/C7H4FNO4S/c8-6-3-1-2-4-7(6)13-14(11,12)9-5-10/h1-4H. The van der Waals surface area contributed by atoms with Gasteiger partial charge in [-0.05, 0) is 16.5 Å². The minimum Gasteiger partial charge on any atom is -0.362 e. The Kier molecular flexibility index (Phi) is 2.95. The third-order valence-corrected chi connectivity index (χ3v) is 1.87. The van der Waals surface area contributed by atoms with Crippen LogP contribution in [0.3, 0.4) is 0 Å². The van der Waals surface area contributed by atoms with Gasteiger partial charge in [-0.15, -0.1) is 0 Å². The lowest BCUT2D eigenvalue weighted by Crippen LogP contribution is -2.06. The number of rotatable bonds is 3. The van der Waals surface area contributed by atoms with Gasteiger partial charge in [-0.2, -0.15) is 8.42 Å². The first-order valence-electron chi connectivity index (χ1n) is 3.33. The fraction of sp³-hybridized carbons (Fsp3) is 0. The monoisotopic (exact) mass is 217 g/mol. The Balaban J connectivity index is 3.01. The van der Waals surface area contributed by atoms with Crippen LogP contribution in [0, 0.1) is 5.82 Å². The maximum Gasteiger partial charge on any atom is 0.439 e. The van der Waals surface area contributed by atoms with E-state index in [-0.39, 0.29) is 0 Å². The van der Waals surface area contributed by atoms with E-state index in [2.05, 4.69) is 8.58 Å². The average molecular weight is 217 g/mol. The van der Waals surface area contributed by atoms with Gasteiger partial charge < -0.3 is 4.18 Å². The molecular weight excluding hydrogens is 213 g/mol. The van der Waals surface area contributed by atoms with Gasteiger partial charge in [-0.25, -0.2) is 9.18 Å². The lowest BCUT2D eigenvalue weighted by molar-refractivity contribution is 0.462. The summed E-state index contributed by atoms with van der Waals surface area (Å²) < 4.78 is 40.8. The van der Waals surface area contributed by atoms with Crippen LogP contribution in [0.5, 0.6) is 5.75 Å². The van der Waals surface area contributed by atoms with Crippen LogP contribution in [0.2, 0.25) is 0 Å². The van der Waals surface area contributed by atoms with E-state index in [1.807, 2.05) is 0 Å². The minimum absolute atomic E-state index is 0.522. The predicted octanol–water partition coefficient (Wildman–Crippen LogP) is 0.785. The molecule has 0 atom stereocenters. The molecule has 14 heavy (non-hydrogen) atoms. The molecule has 1 rings (SSSR count). The van der Waals surface area contributed by atoms with Crippen LogP contribution in [0.15, 0.2) is 28.7 Å². The quantitative estimate of drug-likeness (QED) is 0.554. The molecule has 1 aromatic carbocycles. The third kappa shape index (κ3) is 2.65. The summed E-state index contributed by atoms with van der Waals surface area (Å²) >= 11 is 0. The Morgan fingerprint density at radius 3 is 2.57 bits per heavy atom. The highest BCUT2D eigenvalue weighted by atomic mass is 32.2. The fourth-order valence-corrected chi connectivity index (χ4v) is 1.18. The molecule has 0 N–H and O–H groups in total. The van der Waals surface area contributed by atoms with E-state index in [0.717, 1.165) is 18.2 Å². The SMILES string of the molecule is O=C=NS(=O)(=O)Oc1ccccc1F. The summed E-state index contributed by atoms with van der Waals surface area (Å²) in [5.41, 5.74) is 0. The van der Waals surface area contributed by atoms with E-state index in [0.29, 0.717) is 0 Å². The van der Waals surface area contributed by atoms with Crippen molar-refractivity contribution in [1.29, 1.82) is 0 Å². The number of nitrogens with zero attached hydrogens (tertiary/aromatic N) is 1. The van der Waals surface area contributed by atoms with Crippen molar-refractivity contribution >= 4 is 16.4 Å². The Labute approximate surface area is 79.1 Å². The zero-order chi connectivity index (χ0) is 10.6. The summed E-state index contributed by atoms with van der Waals surface area (Å²) in [6.07, 6.45) is 0.787. The maximum absolute atomic E-state index is 12.8. The zero-order valence-corrected chi connectivity index (χ0v) is 7.49. The van der Waals surface area contributed by atoms with Crippen LogP contribution in [0.25, 0.3) is 0 Å². The number of isocyanates is 1. The number of hydrogen-bond acceptors (Lipinski definition) is 4. The molecule has 0 spiro atoms. The van der Waals surface area contributed by atoms with Gasteiger partial charge in [0.15, 0.2) is 11.6 Å². The molecule has 5 nitrogen and oxygen atoms in total. The summed E-state index contributed by atoms with van der Waals surface area (Å²) in [6, 6.07) is 4.83. The average Bonchev–Trinajstić information content (AvgIpc) is 2.08. The molecule has 0 fully saturated rings. The Hall–Kier alpha value is -1.72. The molecular formula is C7H4FNO4S. The van der Waals surface area contributed by atoms with Crippen LogP contribution < -0.4 is 4.18 Å². The van der Waals surface area contributed by atoms with Crippen LogP contribution in [-0.2, 0) is 15.1 Å². The van der Waals surface area contributed by atoms with Crippen molar-refractivity contribution in [3.63, 3.8) is 0 Å². The van der Waals surface area contributed by atoms with Gasteiger partial charge in [-0.3, -0.25) is 0 Å². The summed E-state index contributed by atoms with van der Waals surface area (Å²) in [6.45, 7) is 0. The molecule has 0 unspecified atom stereocenters. The molecule has 0 bridgehead atoms. The summed E-state index contributed by atoms with van der Waals surface area (Å²) in [4.78, 5) is 9.65. The highest BCUT2D eigenvalue weighted by Crippen LogP contribution is 2.17. The molecule has 0 saturated carbocycles. The van der Waals surface area contributed by atoms with E-state index >= 15 is 0 Å². The largest absolute Gasteiger partial charge is 0.439 e. The van der Waals surface area contributed by atoms with Crippen LogP contribution in [0.1, 0.15) is 0 Å². The zero-order valence-electron chi connectivity index (χ0n) is 6.68. The van der Waals surface area contributed by atoms with Crippen molar-refractivity contribution in [1.82, 2.24) is 0 Å². The molecule has 7 heteroatoms. The number of para-hydroxylation sites is 1. The lowest BCUT2D eigenvalue weighted by atomic mass is 10.3. The van der Waals surface area contributed by atoms with Gasteiger partial charge in [0, 0.05) is 0 Å². The molecule has 0 aromatic heterocycles. The van der Waals surface area contributed by atoms with Crippen molar-refractivity contribution in [2.45, 2.75) is 0 Å². The van der Waals surface area contributed by atoms with Crippen molar-refractivity contribution in [2.75, 3.05) is 0 Å². The maximum atomic E-state index is 12.8. The second-order valence-electron chi connectivity index (χ2n) is 2.12. The number of benzene rings is 1. The molecule has 1 aromatic rings. The highest BCUT2D eigenvalue weighted by Gasteiger charge is 2.13. The van der Waals surface area contributed by atoms with Gasteiger partial charge in [0.25, 0.3) is 6.08 Å². The molecule has 74 valence electrons. The molecule has 0 aliphatic carbocycles. The van der Waals surface area contributed by atoms with Gasteiger partial charge in [-0.1, -0.05) is 12.1 Å². The van der Waals surface area contributed by atoms with E-state index in [1.54, 1.807) is 0 Å². The van der Waals surface area contributed by atoms with Crippen molar-refractivity contribution in [3.8, 4) is 5.75 Å². The molecule has 0 heterocycles. The third-order valence-electron chi connectivity index (χ3n) is 1.18. The van der Waals surface area contributed by atoms with Gasteiger partial charge in [0.2, 0.25) is 0 Å². The smallest absolute Gasteiger partial charge is 0.362 e. The predicted molar refractivity (Wildman–Crippen MR) is 44.1 cm³/mol. The molecule has 0 aliphatic rings. The Bertz CT molecular complexity index is 478. The first kappa shape index (κ1) is 10.4. The van der Waals surface area contributed by atoms with Crippen molar-refractivity contribution in [3.05, 3.63) is 30.1 Å². The number of halogens is 1. The van der Waals surface area contributed by atoms with Crippen molar-refractivity contribution in [2.24, 2.45) is 4.40 Å². The Morgan fingerprint density at radius 1 is 1.36 bits per heavy atom. The van der Waals surface area contributed by atoms with E-state index in [4.69, 9.17) is 0 Å². The van der Waals surface area contributed by atoms with Gasteiger partial charge >= 0.3 is 10.3 Å². The molecule has 0 radical (unpaired) electrons. The first-order chi connectivity index (χ1) is 6.55. The molecule has 0 amide bonds. The normalized spacial score (nSPS) is 10.4.